The number of carbonyl (C=O) groups excluding carboxylic acids is 1. The van der Waals surface area contributed by atoms with E-state index in [1.807, 2.05) is 0 Å². The number of hydrogen-bond donors (Lipinski definition) is 0. The molecule has 86 valence electrons. The van der Waals surface area contributed by atoms with Crippen molar-refractivity contribution >= 4 is 6.29 Å². The normalized spacial score (nSPS) is 20.9. The third-order valence-electron chi connectivity index (χ3n) is 3.02. The van der Waals surface area contributed by atoms with Crippen LogP contribution in [0.1, 0.15) is 18.4 Å². The van der Waals surface area contributed by atoms with E-state index in [9.17, 15) is 13.6 Å². The van der Waals surface area contributed by atoms with Crippen LogP contribution in [0.4, 0.5) is 8.78 Å². The van der Waals surface area contributed by atoms with Crippen molar-refractivity contribution in [3.8, 4) is 5.75 Å². The smallest absolute Gasteiger partial charge is 0.250 e. The Balaban J connectivity index is 2.39. The standard InChI is InChI=1S/C12H12F2O2/c1-16-10-5-3-2-4-9(10)11(8-15)6-12(13,14)7-11/h2-5,8H,6-7H2,1H3. The van der Waals surface area contributed by atoms with E-state index in [-0.39, 0.29) is 0 Å². The number of aldehydes is 1. The van der Waals surface area contributed by atoms with Gasteiger partial charge >= 0.3 is 0 Å². The predicted molar refractivity (Wildman–Crippen MR) is 54.9 cm³/mol. The van der Waals surface area contributed by atoms with Gasteiger partial charge in [0.2, 0.25) is 0 Å². The monoisotopic (exact) mass is 226 g/mol. The third-order valence-corrected chi connectivity index (χ3v) is 3.02. The number of carbonyl (C=O) groups is 1. The Morgan fingerprint density at radius 3 is 2.44 bits per heavy atom. The number of alkyl halides is 2. The minimum Gasteiger partial charge on any atom is -0.496 e. The molecule has 0 aliphatic heterocycles. The first-order valence-electron chi connectivity index (χ1n) is 5.01. The molecule has 0 saturated heterocycles. The molecule has 0 atom stereocenters. The van der Waals surface area contributed by atoms with E-state index in [4.69, 9.17) is 4.74 Å². The van der Waals surface area contributed by atoms with Gasteiger partial charge in [-0.15, -0.1) is 0 Å². The van der Waals surface area contributed by atoms with Crippen LogP contribution in [0.25, 0.3) is 0 Å². The fraction of sp³-hybridized carbons (Fsp3) is 0.417. The largest absolute Gasteiger partial charge is 0.496 e. The van der Waals surface area contributed by atoms with E-state index < -0.39 is 24.2 Å². The molecule has 1 aromatic rings. The lowest BCUT2D eigenvalue weighted by Crippen LogP contribution is -2.50. The first kappa shape index (κ1) is 11.0. The minimum atomic E-state index is -2.73. The van der Waals surface area contributed by atoms with E-state index in [1.54, 1.807) is 24.3 Å². The summed E-state index contributed by atoms with van der Waals surface area (Å²) < 4.78 is 31.0. The molecule has 1 fully saturated rings. The molecule has 0 unspecified atom stereocenters. The van der Waals surface area contributed by atoms with Crippen LogP contribution in [0, 0.1) is 0 Å². The topological polar surface area (TPSA) is 26.3 Å². The Hall–Kier alpha value is -1.45. The maximum Gasteiger partial charge on any atom is 0.250 e. The van der Waals surface area contributed by atoms with Crippen LogP contribution >= 0.6 is 0 Å². The summed E-state index contributed by atoms with van der Waals surface area (Å²) in [6, 6.07) is 6.82. The van der Waals surface area contributed by atoms with Gasteiger partial charge in [0.25, 0.3) is 5.92 Å². The minimum absolute atomic E-state index is 0.427. The zero-order valence-electron chi connectivity index (χ0n) is 8.87. The number of halogens is 2. The van der Waals surface area contributed by atoms with Crippen molar-refractivity contribution in [2.75, 3.05) is 7.11 Å². The summed E-state index contributed by atoms with van der Waals surface area (Å²) in [5, 5.41) is 0. The highest BCUT2D eigenvalue weighted by atomic mass is 19.3. The van der Waals surface area contributed by atoms with Gasteiger partial charge in [-0.05, 0) is 6.07 Å². The molecule has 1 aromatic carbocycles. The van der Waals surface area contributed by atoms with Crippen molar-refractivity contribution in [2.24, 2.45) is 0 Å². The number of para-hydroxylation sites is 1. The summed E-state index contributed by atoms with van der Waals surface area (Å²) in [6.07, 6.45) is -0.240. The molecule has 0 bridgehead atoms. The molecule has 0 spiro atoms. The van der Waals surface area contributed by atoms with Crippen LogP contribution in [0.5, 0.6) is 5.75 Å². The lowest BCUT2D eigenvalue weighted by molar-refractivity contribution is -0.146. The molecule has 4 heteroatoms. The van der Waals surface area contributed by atoms with Gasteiger partial charge in [0, 0.05) is 18.4 Å². The molecule has 0 radical (unpaired) electrons. The van der Waals surface area contributed by atoms with Gasteiger partial charge in [-0.25, -0.2) is 8.78 Å². The van der Waals surface area contributed by atoms with Gasteiger partial charge < -0.3 is 9.53 Å². The lowest BCUT2D eigenvalue weighted by atomic mass is 9.63. The highest BCUT2D eigenvalue weighted by molar-refractivity contribution is 5.73. The maximum absolute atomic E-state index is 12.9. The highest BCUT2D eigenvalue weighted by Crippen LogP contribution is 2.53. The predicted octanol–water partition coefficient (Wildman–Crippen LogP) is 2.56. The van der Waals surface area contributed by atoms with Crippen molar-refractivity contribution in [1.29, 1.82) is 0 Å². The summed E-state index contributed by atoms with van der Waals surface area (Å²) in [5.41, 5.74) is -0.519. The van der Waals surface area contributed by atoms with Crippen LogP contribution in [-0.4, -0.2) is 19.3 Å². The van der Waals surface area contributed by atoms with E-state index in [2.05, 4.69) is 0 Å². The van der Waals surface area contributed by atoms with Crippen molar-refractivity contribution < 1.29 is 18.3 Å². The Bertz CT molecular complexity index is 407. The van der Waals surface area contributed by atoms with E-state index in [0.717, 1.165) is 0 Å². The molecule has 0 aromatic heterocycles. The summed E-state index contributed by atoms with van der Waals surface area (Å²) in [5.74, 6) is -2.24. The Labute approximate surface area is 92.2 Å². The molecule has 2 rings (SSSR count). The fourth-order valence-corrected chi connectivity index (χ4v) is 2.26. The zero-order chi connectivity index (χ0) is 11.8. The molecule has 1 aliphatic rings. The number of methoxy groups -OCH3 is 1. The van der Waals surface area contributed by atoms with Crippen LogP contribution in [0.2, 0.25) is 0 Å². The lowest BCUT2D eigenvalue weighted by Gasteiger charge is -2.44. The second-order valence-corrected chi connectivity index (χ2v) is 4.18. The van der Waals surface area contributed by atoms with Crippen LogP contribution < -0.4 is 4.74 Å². The Kier molecular flexibility index (Phi) is 2.45. The second-order valence-electron chi connectivity index (χ2n) is 4.18. The van der Waals surface area contributed by atoms with Gasteiger partial charge in [-0.2, -0.15) is 0 Å². The van der Waals surface area contributed by atoms with Crippen LogP contribution in [0.3, 0.4) is 0 Å². The van der Waals surface area contributed by atoms with Crippen molar-refractivity contribution in [3.63, 3.8) is 0 Å². The number of benzene rings is 1. The molecule has 0 N–H and O–H groups in total. The number of hydrogen-bond acceptors (Lipinski definition) is 2. The third kappa shape index (κ3) is 1.58. The van der Waals surface area contributed by atoms with Gasteiger partial charge in [0.05, 0.1) is 12.5 Å². The van der Waals surface area contributed by atoms with Gasteiger partial charge in [-0.1, -0.05) is 18.2 Å². The highest BCUT2D eigenvalue weighted by Gasteiger charge is 2.58. The van der Waals surface area contributed by atoms with E-state index in [0.29, 0.717) is 17.6 Å². The summed E-state index contributed by atoms with van der Waals surface area (Å²) in [4.78, 5) is 11.1. The van der Waals surface area contributed by atoms with Crippen LogP contribution in [-0.2, 0) is 10.2 Å². The molecule has 16 heavy (non-hydrogen) atoms. The summed E-state index contributed by atoms with van der Waals surface area (Å²) >= 11 is 0. The molecule has 0 amide bonds. The molecule has 1 aliphatic carbocycles. The molecular weight excluding hydrogens is 214 g/mol. The first-order chi connectivity index (χ1) is 7.53. The van der Waals surface area contributed by atoms with Gasteiger partial charge in [0.15, 0.2) is 0 Å². The molecule has 0 heterocycles. The van der Waals surface area contributed by atoms with E-state index >= 15 is 0 Å². The van der Waals surface area contributed by atoms with Gasteiger partial charge in [-0.3, -0.25) is 0 Å². The maximum atomic E-state index is 12.9. The molecular formula is C12H12F2O2. The van der Waals surface area contributed by atoms with Crippen molar-refractivity contribution in [3.05, 3.63) is 29.8 Å². The van der Waals surface area contributed by atoms with Crippen molar-refractivity contribution in [2.45, 2.75) is 24.2 Å². The quantitative estimate of drug-likeness (QED) is 0.740. The molecule has 1 saturated carbocycles. The van der Waals surface area contributed by atoms with Crippen molar-refractivity contribution in [1.82, 2.24) is 0 Å². The average molecular weight is 226 g/mol. The Morgan fingerprint density at radius 2 is 1.94 bits per heavy atom. The zero-order valence-corrected chi connectivity index (χ0v) is 8.87. The summed E-state index contributed by atoms with van der Waals surface area (Å²) in [7, 11) is 1.47. The van der Waals surface area contributed by atoms with Gasteiger partial charge in [0.1, 0.15) is 12.0 Å². The fourth-order valence-electron chi connectivity index (χ4n) is 2.26. The summed E-state index contributed by atoms with van der Waals surface area (Å²) in [6.45, 7) is 0. The first-order valence-corrected chi connectivity index (χ1v) is 5.01. The average Bonchev–Trinajstić information content (AvgIpc) is 2.25. The molecule has 2 nitrogen and oxygen atoms in total. The number of ether oxygens (including phenoxy) is 1. The second kappa shape index (κ2) is 3.54. The SMILES string of the molecule is COc1ccccc1C1(C=O)CC(F)(F)C1. The Morgan fingerprint density at radius 1 is 1.31 bits per heavy atom. The van der Waals surface area contributed by atoms with E-state index in [1.165, 1.54) is 7.11 Å². The number of rotatable bonds is 3. The van der Waals surface area contributed by atoms with Crippen LogP contribution in [0.15, 0.2) is 24.3 Å².